The molecule has 0 rings (SSSR count). The van der Waals surface area contributed by atoms with Crippen molar-refractivity contribution in [1.29, 1.82) is 0 Å². The van der Waals surface area contributed by atoms with Gasteiger partial charge in [-0.1, -0.05) is 44.1 Å². The van der Waals surface area contributed by atoms with Crippen LogP contribution in [-0.2, 0) is 18.6 Å². The number of nitrogens with zero attached hydrogens (tertiary/aromatic N) is 1. The number of unbranched alkanes of at least 4 members (excludes halogenated alkanes) is 7. The normalized spacial score (nSPS) is 15.9. The number of ether oxygens (including phenoxy) is 1. The zero-order valence-corrected chi connectivity index (χ0v) is 24.3. The average Bonchev–Trinajstić information content (AvgIpc) is 2.84. The summed E-state index contributed by atoms with van der Waals surface area (Å²) in [5.74, 6) is -1.41. The summed E-state index contributed by atoms with van der Waals surface area (Å²) >= 11 is 0. The number of quaternary nitrogens is 1. The lowest BCUT2D eigenvalue weighted by Crippen LogP contribution is -2.50. The van der Waals surface area contributed by atoms with Crippen LogP contribution in [0.2, 0.25) is 0 Å². The van der Waals surface area contributed by atoms with Crippen molar-refractivity contribution in [2.24, 2.45) is 0 Å². The molecule has 0 aliphatic heterocycles. The Kier molecular flexibility index (Phi) is 20.2. The zero-order chi connectivity index (χ0) is 28.2. The SMILES string of the molecule is CCCCC/C=C\CCCC/C=C\CCCC(=O)OC[C@@H](O)COP(=O)([O-])C(C)[N+](C)(C)CCC(O)O. The van der Waals surface area contributed by atoms with Gasteiger partial charge < -0.3 is 38.5 Å². The molecular formula is C27H52NO8P. The third-order valence-electron chi connectivity index (χ3n) is 6.37. The predicted octanol–water partition coefficient (Wildman–Crippen LogP) is 4.01. The van der Waals surface area contributed by atoms with Crippen molar-refractivity contribution in [3.05, 3.63) is 24.3 Å². The predicted molar refractivity (Wildman–Crippen MR) is 145 cm³/mol. The standard InChI is InChI=1S/C27H52NO8P/c1-5-6-7-8-9-10-11-12-13-14-15-16-17-18-19-27(32)35-22-25(29)23-36-37(33,34)24(2)28(3,4)21-20-26(30)31/h9-10,15-16,24-26,29-31H,5-8,11-14,17-23H2,1-4H3/b10-9-,16-15-/t24?,25-/m1/s1. The van der Waals surface area contributed by atoms with E-state index in [1.165, 1.54) is 39.0 Å². The Bertz CT molecular complexity index is 696. The van der Waals surface area contributed by atoms with Crippen LogP contribution in [0.5, 0.6) is 0 Å². The van der Waals surface area contributed by atoms with E-state index in [2.05, 4.69) is 31.2 Å². The minimum atomic E-state index is -4.36. The lowest BCUT2D eigenvalue weighted by atomic mass is 10.1. The molecule has 0 radical (unpaired) electrons. The van der Waals surface area contributed by atoms with E-state index in [-0.39, 0.29) is 30.5 Å². The van der Waals surface area contributed by atoms with Gasteiger partial charge in [0, 0.05) is 12.8 Å². The number of hydrogen-bond donors (Lipinski definition) is 3. The quantitative estimate of drug-likeness (QED) is 0.0434. The molecule has 10 heteroatoms. The van der Waals surface area contributed by atoms with Crippen LogP contribution in [0.15, 0.2) is 24.3 Å². The van der Waals surface area contributed by atoms with Gasteiger partial charge in [0.25, 0.3) is 0 Å². The summed E-state index contributed by atoms with van der Waals surface area (Å²) in [5, 5.41) is 28.0. The first-order valence-electron chi connectivity index (χ1n) is 13.7. The van der Waals surface area contributed by atoms with Gasteiger partial charge in [-0.3, -0.25) is 4.79 Å². The highest BCUT2D eigenvalue weighted by Gasteiger charge is 2.34. The summed E-state index contributed by atoms with van der Waals surface area (Å²) in [6.07, 6.45) is 17.2. The fourth-order valence-electron chi connectivity index (χ4n) is 3.50. The molecule has 0 aliphatic carbocycles. The van der Waals surface area contributed by atoms with E-state index in [1.54, 1.807) is 14.1 Å². The van der Waals surface area contributed by atoms with Crippen LogP contribution in [0.1, 0.15) is 90.9 Å². The molecule has 218 valence electrons. The maximum atomic E-state index is 12.5. The molecule has 2 unspecified atom stereocenters. The molecule has 0 bridgehead atoms. The van der Waals surface area contributed by atoms with Gasteiger partial charge in [-0.2, -0.15) is 0 Å². The van der Waals surface area contributed by atoms with Gasteiger partial charge in [0.1, 0.15) is 18.5 Å². The Labute approximate surface area is 224 Å². The van der Waals surface area contributed by atoms with Crippen molar-refractivity contribution in [2.45, 2.75) is 109 Å². The summed E-state index contributed by atoms with van der Waals surface area (Å²) in [6, 6.07) is 0. The lowest BCUT2D eigenvalue weighted by Gasteiger charge is -2.42. The van der Waals surface area contributed by atoms with Crippen molar-refractivity contribution in [2.75, 3.05) is 33.9 Å². The lowest BCUT2D eigenvalue weighted by molar-refractivity contribution is -0.902. The van der Waals surface area contributed by atoms with E-state index >= 15 is 0 Å². The summed E-state index contributed by atoms with van der Waals surface area (Å²) in [7, 11) is -1.08. The molecule has 0 aromatic heterocycles. The van der Waals surface area contributed by atoms with Crippen molar-refractivity contribution in [3.63, 3.8) is 0 Å². The Hall–Kier alpha value is -1.06. The number of aliphatic hydroxyl groups excluding tert-OH is 2. The highest BCUT2D eigenvalue weighted by molar-refractivity contribution is 7.51. The topological polar surface area (TPSA) is 136 Å². The number of rotatable bonds is 23. The van der Waals surface area contributed by atoms with Crippen LogP contribution >= 0.6 is 7.60 Å². The van der Waals surface area contributed by atoms with Gasteiger partial charge in [-0.05, 0) is 58.3 Å². The van der Waals surface area contributed by atoms with Crippen molar-refractivity contribution >= 4 is 13.6 Å². The third kappa shape index (κ3) is 19.6. The summed E-state index contributed by atoms with van der Waals surface area (Å²) in [6.45, 7) is 3.03. The maximum absolute atomic E-state index is 12.5. The number of aliphatic hydroxyl groups is 3. The largest absolute Gasteiger partial charge is 0.774 e. The molecule has 37 heavy (non-hydrogen) atoms. The van der Waals surface area contributed by atoms with Crippen LogP contribution < -0.4 is 4.89 Å². The van der Waals surface area contributed by atoms with Crippen LogP contribution in [0.4, 0.5) is 0 Å². The van der Waals surface area contributed by atoms with E-state index in [1.807, 2.05) is 0 Å². The number of esters is 1. The molecule has 0 aliphatic rings. The molecule has 0 spiro atoms. The van der Waals surface area contributed by atoms with Crippen LogP contribution in [-0.4, -0.2) is 77.8 Å². The number of carbonyl (C=O) groups excluding carboxylic acids is 1. The second-order valence-electron chi connectivity index (χ2n) is 10.2. The van der Waals surface area contributed by atoms with Gasteiger partial charge in [0.2, 0.25) is 0 Å². The van der Waals surface area contributed by atoms with E-state index < -0.39 is 38.3 Å². The van der Waals surface area contributed by atoms with Crippen LogP contribution in [0.25, 0.3) is 0 Å². The molecule has 0 fully saturated rings. The fourth-order valence-corrected chi connectivity index (χ4v) is 4.97. The third-order valence-corrected chi connectivity index (χ3v) is 8.42. The molecule has 0 saturated carbocycles. The number of hydrogen-bond acceptors (Lipinski definition) is 8. The summed E-state index contributed by atoms with van der Waals surface area (Å²) in [5.41, 5.74) is 0. The summed E-state index contributed by atoms with van der Waals surface area (Å²) < 4.78 is 22.4. The van der Waals surface area contributed by atoms with Gasteiger partial charge in [0.05, 0.1) is 27.2 Å². The highest BCUT2D eigenvalue weighted by Crippen LogP contribution is 2.46. The second kappa shape index (κ2) is 20.8. The summed E-state index contributed by atoms with van der Waals surface area (Å²) in [4.78, 5) is 24.3. The fraction of sp³-hybridized carbons (Fsp3) is 0.815. The average molecular weight is 550 g/mol. The van der Waals surface area contributed by atoms with E-state index in [4.69, 9.17) is 19.5 Å². The molecule has 0 amide bonds. The van der Waals surface area contributed by atoms with E-state index in [0.29, 0.717) is 6.42 Å². The Morgan fingerprint density at radius 2 is 1.43 bits per heavy atom. The first kappa shape index (κ1) is 35.9. The second-order valence-corrected chi connectivity index (χ2v) is 12.3. The Morgan fingerprint density at radius 1 is 0.919 bits per heavy atom. The number of allylic oxidation sites excluding steroid dienone is 4. The molecule has 3 N–H and O–H groups in total. The molecule has 0 aromatic rings. The molecular weight excluding hydrogens is 497 g/mol. The minimum Gasteiger partial charge on any atom is -0.774 e. The number of carbonyl (C=O) groups is 1. The first-order chi connectivity index (χ1) is 17.4. The molecule has 9 nitrogen and oxygen atoms in total. The zero-order valence-electron chi connectivity index (χ0n) is 23.4. The van der Waals surface area contributed by atoms with Crippen LogP contribution in [0, 0.1) is 0 Å². The highest BCUT2D eigenvalue weighted by atomic mass is 31.2. The van der Waals surface area contributed by atoms with Gasteiger partial charge in [-0.15, -0.1) is 0 Å². The van der Waals surface area contributed by atoms with Crippen molar-refractivity contribution in [1.82, 2.24) is 0 Å². The van der Waals surface area contributed by atoms with Crippen molar-refractivity contribution < 1.29 is 43.3 Å². The van der Waals surface area contributed by atoms with Gasteiger partial charge >= 0.3 is 5.97 Å². The van der Waals surface area contributed by atoms with Crippen molar-refractivity contribution in [3.8, 4) is 0 Å². The van der Waals surface area contributed by atoms with Crippen LogP contribution in [0.3, 0.4) is 0 Å². The van der Waals surface area contributed by atoms with Gasteiger partial charge in [-0.25, -0.2) is 0 Å². The monoisotopic (exact) mass is 549 g/mol. The van der Waals surface area contributed by atoms with E-state index in [9.17, 15) is 19.4 Å². The molecule has 0 heterocycles. The van der Waals surface area contributed by atoms with Gasteiger partial charge in [0.15, 0.2) is 13.9 Å². The Morgan fingerprint density at radius 3 is 1.95 bits per heavy atom. The minimum absolute atomic E-state index is 0.0167. The Balaban J connectivity index is 3.96. The maximum Gasteiger partial charge on any atom is 0.305 e. The molecule has 0 saturated heterocycles. The van der Waals surface area contributed by atoms with E-state index in [0.717, 1.165) is 25.7 Å². The smallest absolute Gasteiger partial charge is 0.305 e. The molecule has 3 atom stereocenters. The first-order valence-corrected chi connectivity index (χ1v) is 15.3. The molecule has 0 aromatic carbocycles.